The number of carbonyl (C=O) groups is 2. The quantitative estimate of drug-likeness (QED) is 0.714. The van der Waals surface area contributed by atoms with Gasteiger partial charge in [0, 0.05) is 12.7 Å². The number of hydrogen-bond donors (Lipinski definition) is 1. The first-order valence-corrected chi connectivity index (χ1v) is 8.01. The average molecular weight is 350 g/mol. The van der Waals surface area contributed by atoms with Gasteiger partial charge in [-0.15, -0.1) is 0 Å². The lowest BCUT2D eigenvalue weighted by molar-refractivity contribution is 0.0593. The van der Waals surface area contributed by atoms with Crippen molar-refractivity contribution in [2.75, 3.05) is 7.11 Å². The molecule has 2 aromatic heterocycles. The van der Waals surface area contributed by atoms with E-state index >= 15 is 0 Å². The van der Waals surface area contributed by atoms with Crippen molar-refractivity contribution >= 4 is 11.9 Å². The Morgan fingerprint density at radius 1 is 1.12 bits per heavy atom. The molecule has 0 aliphatic heterocycles. The maximum atomic E-state index is 12.4. The smallest absolute Gasteiger partial charge is 0.356 e. The van der Waals surface area contributed by atoms with E-state index in [-0.39, 0.29) is 11.6 Å². The number of hydrogen-bond acceptors (Lipinski definition) is 5. The fourth-order valence-electron chi connectivity index (χ4n) is 2.49. The van der Waals surface area contributed by atoms with E-state index in [1.54, 1.807) is 23.0 Å². The van der Waals surface area contributed by atoms with Crippen LogP contribution in [0.2, 0.25) is 0 Å². The van der Waals surface area contributed by atoms with Crippen LogP contribution in [0.25, 0.3) is 5.69 Å². The third-order valence-electron chi connectivity index (χ3n) is 3.93. The zero-order chi connectivity index (χ0) is 18.5. The molecule has 26 heavy (non-hydrogen) atoms. The molecule has 0 radical (unpaired) electrons. The van der Waals surface area contributed by atoms with E-state index in [2.05, 4.69) is 20.1 Å². The molecule has 0 fully saturated rings. The van der Waals surface area contributed by atoms with Gasteiger partial charge in [-0.1, -0.05) is 24.3 Å². The van der Waals surface area contributed by atoms with Gasteiger partial charge >= 0.3 is 5.97 Å². The number of rotatable bonds is 5. The molecule has 132 valence electrons. The van der Waals surface area contributed by atoms with Crippen LogP contribution < -0.4 is 5.32 Å². The number of para-hydroxylation sites is 1. The highest BCUT2D eigenvalue weighted by Crippen LogP contribution is 2.14. The van der Waals surface area contributed by atoms with Crippen molar-refractivity contribution in [2.45, 2.75) is 13.5 Å². The molecule has 1 amide bonds. The van der Waals surface area contributed by atoms with E-state index in [0.717, 1.165) is 16.9 Å². The van der Waals surface area contributed by atoms with Crippen molar-refractivity contribution in [2.24, 2.45) is 0 Å². The van der Waals surface area contributed by atoms with Crippen LogP contribution in [-0.2, 0) is 11.3 Å². The van der Waals surface area contributed by atoms with Gasteiger partial charge in [-0.25, -0.2) is 14.5 Å². The van der Waals surface area contributed by atoms with Crippen LogP contribution in [0.5, 0.6) is 0 Å². The van der Waals surface area contributed by atoms with Gasteiger partial charge in [0.2, 0.25) is 0 Å². The lowest BCUT2D eigenvalue weighted by Crippen LogP contribution is -2.23. The topological polar surface area (TPSA) is 86.1 Å². The molecular formula is C19H18N4O3. The van der Waals surface area contributed by atoms with Gasteiger partial charge < -0.3 is 10.1 Å². The highest BCUT2D eigenvalue weighted by atomic mass is 16.5. The van der Waals surface area contributed by atoms with Crippen LogP contribution in [0, 0.1) is 6.92 Å². The number of ether oxygens (including phenoxy) is 1. The standard InChI is InChI=1S/C19H18N4O3/c1-13-16(12-22-23(13)15-6-4-3-5-7-15)18(24)21-11-14-8-9-17(20-10-14)19(25)26-2/h3-10,12H,11H2,1-2H3,(H,21,24). The van der Waals surface area contributed by atoms with E-state index in [1.165, 1.54) is 13.3 Å². The lowest BCUT2D eigenvalue weighted by Gasteiger charge is -2.07. The predicted molar refractivity (Wildman–Crippen MR) is 95.0 cm³/mol. The van der Waals surface area contributed by atoms with Crippen molar-refractivity contribution in [3.8, 4) is 5.69 Å². The van der Waals surface area contributed by atoms with Crippen molar-refractivity contribution < 1.29 is 14.3 Å². The summed E-state index contributed by atoms with van der Waals surface area (Å²) in [6.07, 6.45) is 3.09. The Bertz CT molecular complexity index is 918. The number of pyridine rings is 1. The number of esters is 1. The number of nitrogens with one attached hydrogen (secondary N) is 1. The normalized spacial score (nSPS) is 10.4. The summed E-state index contributed by atoms with van der Waals surface area (Å²) in [5.74, 6) is -0.716. The minimum atomic E-state index is -0.496. The van der Waals surface area contributed by atoms with Crippen LogP contribution in [0.1, 0.15) is 32.1 Å². The molecule has 2 heterocycles. The summed E-state index contributed by atoms with van der Waals surface area (Å²) in [7, 11) is 1.30. The first-order valence-electron chi connectivity index (χ1n) is 8.01. The van der Waals surface area contributed by atoms with Gasteiger partial charge in [-0.05, 0) is 30.7 Å². The average Bonchev–Trinajstić information content (AvgIpc) is 3.08. The molecule has 3 aromatic rings. The van der Waals surface area contributed by atoms with Crippen molar-refractivity contribution in [1.29, 1.82) is 0 Å². The molecule has 0 spiro atoms. The molecule has 3 rings (SSSR count). The van der Waals surface area contributed by atoms with Crippen molar-refractivity contribution in [3.05, 3.63) is 77.4 Å². The molecule has 7 heteroatoms. The second-order valence-electron chi connectivity index (χ2n) is 5.62. The number of amides is 1. The number of benzene rings is 1. The van der Waals surface area contributed by atoms with Crippen LogP contribution in [0.15, 0.2) is 54.9 Å². The number of methoxy groups -OCH3 is 1. The molecule has 0 unspecified atom stereocenters. The Morgan fingerprint density at radius 3 is 2.54 bits per heavy atom. The zero-order valence-electron chi connectivity index (χ0n) is 14.5. The Hall–Kier alpha value is -3.48. The molecule has 7 nitrogen and oxygen atoms in total. The minimum absolute atomic E-state index is 0.221. The SMILES string of the molecule is COC(=O)c1ccc(CNC(=O)c2cnn(-c3ccccc3)c2C)cn1. The number of nitrogens with zero attached hydrogens (tertiary/aromatic N) is 3. The first kappa shape index (κ1) is 17.3. The highest BCUT2D eigenvalue weighted by molar-refractivity contribution is 5.95. The third-order valence-corrected chi connectivity index (χ3v) is 3.93. The van der Waals surface area contributed by atoms with Crippen LogP contribution in [0.4, 0.5) is 0 Å². The molecule has 1 N–H and O–H groups in total. The monoisotopic (exact) mass is 350 g/mol. The number of aromatic nitrogens is 3. The second-order valence-corrected chi connectivity index (χ2v) is 5.62. The van der Waals surface area contributed by atoms with Crippen molar-refractivity contribution in [3.63, 3.8) is 0 Å². The zero-order valence-corrected chi connectivity index (χ0v) is 14.5. The summed E-state index contributed by atoms with van der Waals surface area (Å²) in [6, 6.07) is 12.9. The molecule has 1 aromatic carbocycles. The summed E-state index contributed by atoms with van der Waals surface area (Å²) in [5, 5.41) is 7.13. The Morgan fingerprint density at radius 2 is 1.88 bits per heavy atom. The maximum Gasteiger partial charge on any atom is 0.356 e. The van der Waals surface area contributed by atoms with E-state index < -0.39 is 5.97 Å². The summed E-state index contributed by atoms with van der Waals surface area (Å²) >= 11 is 0. The van der Waals surface area contributed by atoms with Crippen molar-refractivity contribution in [1.82, 2.24) is 20.1 Å². The Balaban J connectivity index is 1.67. The van der Waals surface area contributed by atoms with Gasteiger partial charge in [0.1, 0.15) is 5.69 Å². The molecule has 0 bridgehead atoms. The van der Waals surface area contributed by atoms with Gasteiger partial charge in [-0.3, -0.25) is 4.79 Å². The fourth-order valence-corrected chi connectivity index (χ4v) is 2.49. The number of carbonyl (C=O) groups excluding carboxylic acids is 2. The van der Waals surface area contributed by atoms with Crippen LogP contribution in [0.3, 0.4) is 0 Å². The largest absolute Gasteiger partial charge is 0.464 e. The summed E-state index contributed by atoms with van der Waals surface area (Å²) in [5.41, 5.74) is 3.16. The van der Waals surface area contributed by atoms with Gasteiger partial charge in [0.15, 0.2) is 0 Å². The van der Waals surface area contributed by atoms with E-state index in [9.17, 15) is 9.59 Å². The van der Waals surface area contributed by atoms with Crippen LogP contribution >= 0.6 is 0 Å². The Kier molecular flexibility index (Phi) is 5.07. The van der Waals surface area contributed by atoms with Crippen LogP contribution in [-0.4, -0.2) is 33.8 Å². The maximum absolute atomic E-state index is 12.4. The third kappa shape index (κ3) is 3.61. The minimum Gasteiger partial charge on any atom is -0.464 e. The predicted octanol–water partition coefficient (Wildman–Crippen LogP) is 2.29. The molecule has 0 atom stereocenters. The van der Waals surface area contributed by atoms with Gasteiger partial charge in [-0.2, -0.15) is 5.10 Å². The van der Waals surface area contributed by atoms with E-state index in [1.807, 2.05) is 37.3 Å². The molecule has 0 saturated carbocycles. The molecule has 0 aliphatic rings. The second kappa shape index (κ2) is 7.60. The fraction of sp³-hybridized carbons (Fsp3) is 0.158. The first-order chi connectivity index (χ1) is 12.6. The summed E-state index contributed by atoms with van der Waals surface area (Å²) < 4.78 is 6.33. The molecular weight excluding hydrogens is 332 g/mol. The molecule has 0 aliphatic carbocycles. The molecule has 0 saturated heterocycles. The highest BCUT2D eigenvalue weighted by Gasteiger charge is 2.15. The van der Waals surface area contributed by atoms with E-state index in [0.29, 0.717) is 12.1 Å². The van der Waals surface area contributed by atoms with Gasteiger partial charge in [0.05, 0.1) is 30.3 Å². The summed E-state index contributed by atoms with van der Waals surface area (Å²) in [4.78, 5) is 27.8. The van der Waals surface area contributed by atoms with E-state index in [4.69, 9.17) is 0 Å². The Labute approximate surface area is 150 Å². The summed E-state index contributed by atoms with van der Waals surface area (Å²) in [6.45, 7) is 2.14. The lowest BCUT2D eigenvalue weighted by atomic mass is 10.2. The van der Waals surface area contributed by atoms with Gasteiger partial charge in [0.25, 0.3) is 5.91 Å².